The van der Waals surface area contributed by atoms with Crippen molar-refractivity contribution in [2.24, 2.45) is 0 Å². The number of para-hydroxylation sites is 1. The largest absolute Gasteiger partial charge is 0.382 e. The molecular formula is C12H17N5O2. The number of aromatic nitrogens is 4. The minimum atomic E-state index is 0.574. The molecule has 0 saturated carbocycles. The van der Waals surface area contributed by atoms with Gasteiger partial charge in [-0.15, -0.1) is 0 Å². The molecular weight excluding hydrogens is 246 g/mol. The standard InChI is InChI=1S/C12H17N5O2/c1-18-9-10-19-8-7-13-12-14-15-16-17(12)11-5-3-2-4-6-11/h2-6H,7-10H2,1H3,(H,13,14,16). The molecule has 1 aromatic heterocycles. The summed E-state index contributed by atoms with van der Waals surface area (Å²) < 4.78 is 11.9. The Morgan fingerprint density at radius 3 is 2.79 bits per heavy atom. The predicted molar refractivity (Wildman–Crippen MR) is 70.3 cm³/mol. The third-order valence-electron chi connectivity index (χ3n) is 2.43. The first-order chi connectivity index (χ1) is 9.42. The molecule has 1 N–H and O–H groups in total. The van der Waals surface area contributed by atoms with E-state index < -0.39 is 0 Å². The van der Waals surface area contributed by atoms with Gasteiger partial charge in [0.15, 0.2) is 0 Å². The molecule has 0 atom stereocenters. The van der Waals surface area contributed by atoms with E-state index in [-0.39, 0.29) is 0 Å². The van der Waals surface area contributed by atoms with Gasteiger partial charge < -0.3 is 14.8 Å². The molecule has 0 saturated heterocycles. The van der Waals surface area contributed by atoms with Gasteiger partial charge in [-0.05, 0) is 22.6 Å². The number of anilines is 1. The van der Waals surface area contributed by atoms with E-state index in [1.54, 1.807) is 11.8 Å². The van der Waals surface area contributed by atoms with E-state index >= 15 is 0 Å². The molecule has 7 heteroatoms. The molecule has 102 valence electrons. The Morgan fingerprint density at radius 1 is 1.16 bits per heavy atom. The molecule has 7 nitrogen and oxygen atoms in total. The van der Waals surface area contributed by atoms with Crippen molar-refractivity contribution in [3.63, 3.8) is 0 Å². The Bertz CT molecular complexity index is 474. The summed E-state index contributed by atoms with van der Waals surface area (Å²) in [6, 6.07) is 9.71. The zero-order chi connectivity index (χ0) is 13.3. The molecule has 0 bridgehead atoms. The first-order valence-corrected chi connectivity index (χ1v) is 6.06. The van der Waals surface area contributed by atoms with Crippen LogP contribution in [0.1, 0.15) is 0 Å². The Labute approximate surface area is 111 Å². The maximum Gasteiger partial charge on any atom is 0.247 e. The van der Waals surface area contributed by atoms with E-state index in [1.807, 2.05) is 30.3 Å². The lowest BCUT2D eigenvalue weighted by atomic mass is 10.3. The van der Waals surface area contributed by atoms with Gasteiger partial charge in [-0.1, -0.05) is 23.3 Å². The molecule has 0 aliphatic heterocycles. The van der Waals surface area contributed by atoms with Gasteiger partial charge in [0.2, 0.25) is 5.95 Å². The van der Waals surface area contributed by atoms with Crippen LogP contribution in [0.15, 0.2) is 30.3 Å². The van der Waals surface area contributed by atoms with Crippen LogP contribution in [0, 0.1) is 0 Å². The summed E-state index contributed by atoms with van der Waals surface area (Å²) >= 11 is 0. The molecule has 0 aliphatic carbocycles. The SMILES string of the molecule is COCCOCCNc1nnnn1-c1ccccc1. The summed E-state index contributed by atoms with van der Waals surface area (Å²) in [6.07, 6.45) is 0. The van der Waals surface area contributed by atoms with Crippen molar-refractivity contribution in [2.45, 2.75) is 0 Å². The number of nitrogens with one attached hydrogen (secondary N) is 1. The molecule has 2 aromatic rings. The monoisotopic (exact) mass is 263 g/mol. The Balaban J connectivity index is 1.83. The van der Waals surface area contributed by atoms with Crippen LogP contribution in [0.2, 0.25) is 0 Å². The van der Waals surface area contributed by atoms with Crippen LogP contribution in [0.25, 0.3) is 5.69 Å². The highest BCUT2D eigenvalue weighted by atomic mass is 16.5. The molecule has 1 heterocycles. The number of tetrazole rings is 1. The fraction of sp³-hybridized carbons (Fsp3) is 0.417. The average molecular weight is 263 g/mol. The van der Waals surface area contributed by atoms with Gasteiger partial charge in [0.1, 0.15) is 0 Å². The average Bonchev–Trinajstić information content (AvgIpc) is 2.92. The van der Waals surface area contributed by atoms with Gasteiger partial charge in [0.05, 0.1) is 25.5 Å². The predicted octanol–water partition coefficient (Wildman–Crippen LogP) is 0.737. The maximum atomic E-state index is 5.35. The van der Waals surface area contributed by atoms with Crippen molar-refractivity contribution < 1.29 is 9.47 Å². The maximum absolute atomic E-state index is 5.35. The van der Waals surface area contributed by atoms with Gasteiger partial charge in [-0.3, -0.25) is 0 Å². The second-order valence-corrected chi connectivity index (χ2v) is 3.78. The van der Waals surface area contributed by atoms with Crippen molar-refractivity contribution in [3.8, 4) is 5.69 Å². The van der Waals surface area contributed by atoms with E-state index in [1.165, 1.54) is 0 Å². The van der Waals surface area contributed by atoms with Crippen LogP contribution >= 0.6 is 0 Å². The second kappa shape index (κ2) is 7.45. The number of hydrogen-bond donors (Lipinski definition) is 1. The smallest absolute Gasteiger partial charge is 0.247 e. The Hall–Kier alpha value is -1.99. The zero-order valence-electron chi connectivity index (χ0n) is 10.8. The van der Waals surface area contributed by atoms with E-state index in [9.17, 15) is 0 Å². The number of hydrogen-bond acceptors (Lipinski definition) is 6. The van der Waals surface area contributed by atoms with Gasteiger partial charge in [-0.2, -0.15) is 4.68 Å². The molecule has 0 aliphatic rings. The van der Waals surface area contributed by atoms with Crippen LogP contribution in [0.5, 0.6) is 0 Å². The lowest BCUT2D eigenvalue weighted by Gasteiger charge is -2.07. The fourth-order valence-electron chi connectivity index (χ4n) is 1.52. The zero-order valence-corrected chi connectivity index (χ0v) is 10.8. The van der Waals surface area contributed by atoms with Crippen LogP contribution in [0.3, 0.4) is 0 Å². The quantitative estimate of drug-likeness (QED) is 0.708. The van der Waals surface area contributed by atoms with Crippen LogP contribution in [0.4, 0.5) is 5.95 Å². The Morgan fingerprint density at radius 2 is 2.00 bits per heavy atom. The minimum absolute atomic E-state index is 0.574. The topological polar surface area (TPSA) is 74.1 Å². The third kappa shape index (κ3) is 4.01. The van der Waals surface area contributed by atoms with Gasteiger partial charge in [-0.25, -0.2) is 0 Å². The molecule has 0 spiro atoms. The molecule has 19 heavy (non-hydrogen) atoms. The lowest BCUT2D eigenvalue weighted by Crippen LogP contribution is -2.14. The normalized spacial score (nSPS) is 10.6. The molecule has 1 aromatic carbocycles. The highest BCUT2D eigenvalue weighted by Crippen LogP contribution is 2.09. The van der Waals surface area contributed by atoms with Crippen molar-refractivity contribution in [3.05, 3.63) is 30.3 Å². The van der Waals surface area contributed by atoms with Gasteiger partial charge >= 0.3 is 0 Å². The van der Waals surface area contributed by atoms with Crippen molar-refractivity contribution in [2.75, 3.05) is 38.8 Å². The summed E-state index contributed by atoms with van der Waals surface area (Å²) in [6.45, 7) is 2.39. The minimum Gasteiger partial charge on any atom is -0.382 e. The highest BCUT2D eigenvalue weighted by Gasteiger charge is 2.06. The Kier molecular flexibility index (Phi) is 5.27. The first kappa shape index (κ1) is 13.4. The molecule has 0 amide bonds. The van der Waals surface area contributed by atoms with Crippen molar-refractivity contribution >= 4 is 5.95 Å². The number of benzene rings is 1. The van der Waals surface area contributed by atoms with Gasteiger partial charge in [0.25, 0.3) is 0 Å². The number of rotatable bonds is 8. The van der Waals surface area contributed by atoms with Crippen LogP contribution in [-0.4, -0.2) is 53.7 Å². The first-order valence-electron chi connectivity index (χ1n) is 6.06. The lowest BCUT2D eigenvalue weighted by molar-refractivity contribution is 0.0758. The van der Waals surface area contributed by atoms with E-state index in [0.717, 1.165) is 5.69 Å². The van der Waals surface area contributed by atoms with Crippen LogP contribution in [-0.2, 0) is 9.47 Å². The summed E-state index contributed by atoms with van der Waals surface area (Å²) in [5.74, 6) is 0.599. The van der Waals surface area contributed by atoms with E-state index in [2.05, 4.69) is 20.8 Å². The number of nitrogens with zero attached hydrogens (tertiary/aromatic N) is 4. The summed E-state index contributed by atoms with van der Waals surface area (Å²) in [7, 11) is 1.65. The second-order valence-electron chi connectivity index (χ2n) is 3.78. The molecule has 2 rings (SSSR count). The van der Waals surface area contributed by atoms with Crippen LogP contribution < -0.4 is 5.32 Å². The number of ether oxygens (including phenoxy) is 2. The molecule has 0 radical (unpaired) electrons. The van der Waals surface area contributed by atoms with Crippen molar-refractivity contribution in [1.82, 2.24) is 20.2 Å². The number of methoxy groups -OCH3 is 1. The summed E-state index contributed by atoms with van der Waals surface area (Å²) in [5.41, 5.74) is 0.912. The third-order valence-corrected chi connectivity index (χ3v) is 2.43. The van der Waals surface area contributed by atoms with Gasteiger partial charge in [0, 0.05) is 13.7 Å². The summed E-state index contributed by atoms with van der Waals surface area (Å²) in [5, 5.41) is 14.7. The highest BCUT2D eigenvalue weighted by molar-refractivity contribution is 5.38. The fourth-order valence-corrected chi connectivity index (χ4v) is 1.52. The molecule has 0 unspecified atom stereocenters. The van der Waals surface area contributed by atoms with Crippen molar-refractivity contribution in [1.29, 1.82) is 0 Å². The summed E-state index contributed by atoms with van der Waals surface area (Å²) in [4.78, 5) is 0. The van der Waals surface area contributed by atoms with E-state index in [4.69, 9.17) is 9.47 Å². The molecule has 0 fully saturated rings. The van der Waals surface area contributed by atoms with E-state index in [0.29, 0.717) is 32.3 Å².